The van der Waals surface area contributed by atoms with Gasteiger partial charge in [0.05, 0.1) is 5.70 Å². The van der Waals surface area contributed by atoms with E-state index in [2.05, 4.69) is 31.1 Å². The second kappa shape index (κ2) is 10.8. The Bertz CT molecular complexity index is 971. The fourth-order valence-electron chi connectivity index (χ4n) is 3.59. The molecule has 1 aliphatic rings. The van der Waals surface area contributed by atoms with Gasteiger partial charge in [0.15, 0.2) is 11.5 Å². The van der Waals surface area contributed by atoms with Crippen molar-refractivity contribution in [2.24, 2.45) is 10.9 Å². The van der Waals surface area contributed by atoms with Crippen LogP contribution < -0.4 is 5.32 Å². The van der Waals surface area contributed by atoms with Gasteiger partial charge in [0.25, 0.3) is 0 Å². The van der Waals surface area contributed by atoms with E-state index in [4.69, 9.17) is 9.73 Å². The number of aldehydes is 1. The third kappa shape index (κ3) is 7.32. The van der Waals surface area contributed by atoms with Gasteiger partial charge in [-0.15, -0.1) is 0 Å². The summed E-state index contributed by atoms with van der Waals surface area (Å²) in [4.78, 5) is 34.4. The van der Waals surface area contributed by atoms with Crippen molar-refractivity contribution in [1.82, 2.24) is 15.2 Å². The van der Waals surface area contributed by atoms with Crippen LogP contribution in [0, 0.1) is 17.2 Å². The Balaban J connectivity index is 2.25. The second-order valence-electron chi connectivity index (χ2n) is 9.73. The molecule has 2 heterocycles. The zero-order chi connectivity index (χ0) is 24.8. The lowest BCUT2D eigenvalue weighted by atomic mass is 9.91. The van der Waals surface area contributed by atoms with Gasteiger partial charge >= 0.3 is 6.09 Å². The van der Waals surface area contributed by atoms with Gasteiger partial charge in [0, 0.05) is 49.3 Å². The number of aromatic nitrogens is 1. The normalized spacial score (nSPS) is 18.9. The molecular formula is C24H33N5O3S. The number of thioether (sulfide) groups is 1. The number of hydrogen-bond acceptors (Lipinski definition) is 7. The van der Waals surface area contributed by atoms with E-state index in [1.165, 1.54) is 7.05 Å². The van der Waals surface area contributed by atoms with Crippen molar-refractivity contribution in [3.8, 4) is 6.07 Å². The molecule has 0 saturated carbocycles. The number of carbonyl (C=O) groups excluding carboxylic acids is 2. The highest BCUT2D eigenvalue weighted by molar-refractivity contribution is 8.13. The molecular weight excluding hydrogens is 438 g/mol. The number of aliphatic imine (C=N–C) groups is 1. The lowest BCUT2D eigenvalue weighted by Crippen LogP contribution is -2.41. The van der Waals surface area contributed by atoms with Crippen molar-refractivity contribution in [2.45, 2.75) is 52.1 Å². The summed E-state index contributed by atoms with van der Waals surface area (Å²) in [5.74, 6) is 1.06. The molecule has 1 fully saturated rings. The van der Waals surface area contributed by atoms with E-state index < -0.39 is 11.7 Å². The fraction of sp³-hybridized carbons (Fsp3) is 0.542. The molecule has 8 nitrogen and oxygen atoms in total. The average Bonchev–Trinajstić information content (AvgIpc) is 2.74. The lowest BCUT2D eigenvalue weighted by molar-refractivity contribution is -0.104. The number of nitrogens with zero attached hydrogens (tertiary/aromatic N) is 4. The smallest absolute Gasteiger partial charge is 0.407 e. The topological polar surface area (TPSA) is 108 Å². The van der Waals surface area contributed by atoms with E-state index in [9.17, 15) is 14.9 Å². The van der Waals surface area contributed by atoms with Crippen LogP contribution >= 0.6 is 11.8 Å². The summed E-state index contributed by atoms with van der Waals surface area (Å²) in [5, 5.41) is 12.7. The van der Waals surface area contributed by atoms with Crippen LogP contribution in [-0.2, 0) is 14.9 Å². The van der Waals surface area contributed by atoms with Gasteiger partial charge < -0.3 is 15.0 Å². The van der Waals surface area contributed by atoms with E-state index in [-0.39, 0.29) is 16.9 Å². The number of hydrogen-bond donors (Lipinski definition) is 1. The maximum absolute atomic E-state index is 11.6. The monoisotopic (exact) mass is 471 g/mol. The van der Waals surface area contributed by atoms with E-state index >= 15 is 0 Å². The minimum atomic E-state index is -0.599. The Morgan fingerprint density at radius 2 is 2.09 bits per heavy atom. The molecule has 1 amide bonds. The summed E-state index contributed by atoms with van der Waals surface area (Å²) in [6.07, 6.45) is 2.45. The Morgan fingerprint density at radius 3 is 2.58 bits per heavy atom. The SMILES string of the molecule is CNC(=O)OC(C)(C)CC1CS/C(=N/C(=C(/C#N)C=O)c2ccc(C(C)(C)C)nc2)N(C)C1. The number of allylic oxidation sites excluding steroid dienone is 1. The van der Waals surface area contributed by atoms with E-state index in [1.54, 1.807) is 18.0 Å². The van der Waals surface area contributed by atoms with Crippen LogP contribution in [-0.4, -0.2) is 59.4 Å². The quantitative estimate of drug-likeness (QED) is 0.380. The van der Waals surface area contributed by atoms with Crippen molar-refractivity contribution in [2.75, 3.05) is 26.4 Å². The molecule has 178 valence electrons. The minimum Gasteiger partial charge on any atom is -0.444 e. The van der Waals surface area contributed by atoms with Crippen LogP contribution in [0.5, 0.6) is 0 Å². The molecule has 0 radical (unpaired) electrons. The van der Waals surface area contributed by atoms with Crippen LogP contribution in [0.4, 0.5) is 4.79 Å². The van der Waals surface area contributed by atoms with Gasteiger partial charge in [0.1, 0.15) is 17.2 Å². The summed E-state index contributed by atoms with van der Waals surface area (Å²) >= 11 is 1.55. The number of ether oxygens (including phenoxy) is 1. The number of alkyl carbamates (subject to hydrolysis) is 1. The van der Waals surface area contributed by atoms with Crippen LogP contribution in [0.25, 0.3) is 5.70 Å². The van der Waals surface area contributed by atoms with Crippen LogP contribution in [0.1, 0.15) is 52.3 Å². The molecule has 1 unspecified atom stereocenters. The zero-order valence-electron chi connectivity index (χ0n) is 20.4. The van der Waals surface area contributed by atoms with Crippen LogP contribution in [0.15, 0.2) is 28.9 Å². The second-order valence-corrected chi connectivity index (χ2v) is 10.7. The molecule has 1 N–H and O–H groups in total. The predicted molar refractivity (Wildman–Crippen MR) is 132 cm³/mol. The standard InChI is InChI=1S/C24H33N5O3S/c1-23(2,3)19-9-8-17(12-27-19)20(18(11-25)14-30)28-21-29(7)13-16(15-33-21)10-24(4,5)32-22(31)26-6/h8-9,12,14,16H,10,13,15H2,1-7H3,(H,26,31)/b20-18-,28-21+. The Kier molecular flexibility index (Phi) is 8.67. The first kappa shape index (κ1) is 26.4. The fourth-order valence-corrected chi connectivity index (χ4v) is 4.65. The Labute approximate surface area is 200 Å². The number of rotatable bonds is 6. The van der Waals surface area contributed by atoms with Gasteiger partial charge in [-0.25, -0.2) is 9.79 Å². The third-order valence-corrected chi connectivity index (χ3v) is 6.47. The predicted octanol–water partition coefficient (Wildman–Crippen LogP) is 3.99. The highest BCUT2D eigenvalue weighted by atomic mass is 32.2. The van der Waals surface area contributed by atoms with Gasteiger partial charge in [0.2, 0.25) is 0 Å². The summed E-state index contributed by atoms with van der Waals surface area (Å²) in [7, 11) is 3.47. The van der Waals surface area contributed by atoms with Crippen molar-refractivity contribution in [3.63, 3.8) is 0 Å². The highest BCUT2D eigenvalue weighted by Gasteiger charge is 2.31. The first-order valence-corrected chi connectivity index (χ1v) is 11.8. The van der Waals surface area contributed by atoms with Crippen molar-refractivity contribution in [1.29, 1.82) is 5.26 Å². The largest absolute Gasteiger partial charge is 0.444 e. The van der Waals surface area contributed by atoms with E-state index in [0.717, 1.165) is 16.6 Å². The molecule has 1 atom stereocenters. The van der Waals surface area contributed by atoms with E-state index in [0.29, 0.717) is 30.5 Å². The number of amides is 1. The molecule has 0 aliphatic carbocycles. The van der Waals surface area contributed by atoms with Crippen molar-refractivity contribution >= 4 is 35.0 Å². The number of nitriles is 1. The zero-order valence-corrected chi connectivity index (χ0v) is 21.2. The average molecular weight is 472 g/mol. The summed E-state index contributed by atoms with van der Waals surface area (Å²) in [5.41, 5.74) is 1.10. The van der Waals surface area contributed by atoms with E-state index in [1.807, 2.05) is 44.0 Å². The minimum absolute atomic E-state index is 0.0379. The van der Waals surface area contributed by atoms with Crippen LogP contribution in [0.3, 0.4) is 0 Å². The maximum atomic E-state index is 11.6. The number of carbonyl (C=O) groups is 2. The maximum Gasteiger partial charge on any atom is 0.407 e. The summed E-state index contributed by atoms with van der Waals surface area (Å²) in [6.45, 7) is 10.7. The lowest BCUT2D eigenvalue weighted by Gasteiger charge is -2.36. The van der Waals surface area contributed by atoms with Crippen LogP contribution in [0.2, 0.25) is 0 Å². The van der Waals surface area contributed by atoms with Gasteiger partial charge in [-0.05, 0) is 38.3 Å². The molecule has 1 aliphatic heterocycles. The highest BCUT2D eigenvalue weighted by Crippen LogP contribution is 2.31. The van der Waals surface area contributed by atoms with Gasteiger partial charge in [-0.3, -0.25) is 9.78 Å². The molecule has 9 heteroatoms. The Hall–Kier alpha value is -2.86. The molecule has 1 saturated heterocycles. The molecule has 0 spiro atoms. The van der Waals surface area contributed by atoms with Gasteiger partial charge in [-0.1, -0.05) is 32.5 Å². The number of pyridine rings is 1. The van der Waals surface area contributed by atoms with Crippen molar-refractivity contribution in [3.05, 3.63) is 35.2 Å². The molecule has 33 heavy (non-hydrogen) atoms. The molecule has 2 rings (SSSR count). The first-order chi connectivity index (χ1) is 15.4. The molecule has 0 aromatic carbocycles. The van der Waals surface area contributed by atoms with Gasteiger partial charge in [-0.2, -0.15) is 5.26 Å². The Morgan fingerprint density at radius 1 is 1.39 bits per heavy atom. The third-order valence-electron chi connectivity index (χ3n) is 5.17. The number of amidine groups is 1. The molecule has 1 aromatic rings. The molecule has 0 bridgehead atoms. The van der Waals surface area contributed by atoms with Crippen molar-refractivity contribution < 1.29 is 14.3 Å². The molecule has 1 aromatic heterocycles. The number of nitrogens with one attached hydrogen (secondary N) is 1. The first-order valence-electron chi connectivity index (χ1n) is 10.8. The summed E-state index contributed by atoms with van der Waals surface area (Å²) < 4.78 is 5.47. The summed E-state index contributed by atoms with van der Waals surface area (Å²) in [6, 6.07) is 5.71.